The standard InChI is InChI=1S/C8H11AsO/c9-8(6-10)7-4-2-1-3-5-7/h1-5,8,10H,6,9H2/t8-/m1/s1. The summed E-state index contributed by atoms with van der Waals surface area (Å²) in [6, 6.07) is 10.1. The summed E-state index contributed by atoms with van der Waals surface area (Å²) in [6.45, 7) is 0.254. The monoisotopic (exact) mass is 198 g/mol. The van der Waals surface area contributed by atoms with E-state index in [4.69, 9.17) is 5.11 Å². The molecule has 0 aromatic heterocycles. The van der Waals surface area contributed by atoms with E-state index in [2.05, 4.69) is 0 Å². The predicted octanol–water partition coefficient (Wildman–Crippen LogP) is 0.353. The Hall–Kier alpha value is -0.262. The van der Waals surface area contributed by atoms with Crippen molar-refractivity contribution < 1.29 is 5.11 Å². The van der Waals surface area contributed by atoms with Gasteiger partial charge in [0.2, 0.25) is 0 Å². The van der Waals surface area contributed by atoms with Gasteiger partial charge in [0.1, 0.15) is 0 Å². The van der Waals surface area contributed by atoms with Gasteiger partial charge in [-0.15, -0.1) is 0 Å². The minimum absolute atomic E-state index is 0.254. The minimum atomic E-state index is 0.254. The molecule has 1 aromatic rings. The third kappa shape index (κ3) is 1.86. The second kappa shape index (κ2) is 3.80. The molecule has 54 valence electrons. The van der Waals surface area contributed by atoms with Gasteiger partial charge >= 0.3 is 69.2 Å². The molecule has 2 atom stereocenters. The molecule has 0 fully saturated rings. The molecule has 1 aromatic carbocycles. The average Bonchev–Trinajstić information content (AvgIpc) is 2.05. The van der Waals surface area contributed by atoms with Crippen LogP contribution >= 0.6 is 0 Å². The Morgan fingerprint density at radius 3 is 2.40 bits per heavy atom. The molecule has 0 heterocycles. The predicted molar refractivity (Wildman–Crippen MR) is 44.8 cm³/mol. The average molecular weight is 198 g/mol. The van der Waals surface area contributed by atoms with Gasteiger partial charge in [0.25, 0.3) is 0 Å². The first kappa shape index (κ1) is 7.84. The van der Waals surface area contributed by atoms with Crippen molar-refractivity contribution in [3.05, 3.63) is 35.9 Å². The first-order chi connectivity index (χ1) is 4.84. The van der Waals surface area contributed by atoms with Crippen molar-refractivity contribution in [3.63, 3.8) is 0 Å². The number of benzene rings is 1. The van der Waals surface area contributed by atoms with Gasteiger partial charge in [-0.1, -0.05) is 0 Å². The van der Waals surface area contributed by atoms with E-state index in [0.29, 0.717) is 4.71 Å². The fourth-order valence-electron chi connectivity index (χ4n) is 0.806. The topological polar surface area (TPSA) is 20.2 Å². The molecule has 0 spiro atoms. The molecule has 0 aliphatic carbocycles. The van der Waals surface area contributed by atoms with Gasteiger partial charge in [0.15, 0.2) is 0 Å². The SMILES string of the molecule is OC[C@@H]([AsH2])c1ccccc1. The van der Waals surface area contributed by atoms with E-state index >= 15 is 0 Å². The second-order valence-electron chi connectivity index (χ2n) is 2.20. The van der Waals surface area contributed by atoms with Crippen molar-refractivity contribution in [2.45, 2.75) is 4.71 Å². The molecule has 1 N–H and O–H groups in total. The summed E-state index contributed by atoms with van der Waals surface area (Å²) in [5.74, 6) is 0. The molecule has 0 saturated carbocycles. The van der Waals surface area contributed by atoms with Crippen molar-refractivity contribution >= 4 is 16.9 Å². The van der Waals surface area contributed by atoms with Gasteiger partial charge in [-0.3, -0.25) is 0 Å². The summed E-state index contributed by atoms with van der Waals surface area (Å²) in [6.07, 6.45) is 0. The fourth-order valence-corrected chi connectivity index (χ4v) is 1.27. The zero-order valence-corrected chi connectivity index (χ0v) is 8.12. The van der Waals surface area contributed by atoms with Crippen molar-refractivity contribution in [3.8, 4) is 0 Å². The second-order valence-corrected chi connectivity index (χ2v) is 3.89. The summed E-state index contributed by atoms with van der Waals surface area (Å²) in [5.41, 5.74) is 1.23. The molecule has 10 heavy (non-hydrogen) atoms. The summed E-state index contributed by atoms with van der Waals surface area (Å²) < 4.78 is 0.327. The first-order valence-corrected chi connectivity index (χ1v) is 4.66. The van der Waals surface area contributed by atoms with E-state index in [1.165, 1.54) is 5.56 Å². The third-order valence-electron chi connectivity index (χ3n) is 1.42. The fraction of sp³-hybridized carbons (Fsp3) is 0.250. The van der Waals surface area contributed by atoms with Gasteiger partial charge in [-0.25, -0.2) is 0 Å². The van der Waals surface area contributed by atoms with Crippen LogP contribution in [0.4, 0.5) is 0 Å². The van der Waals surface area contributed by atoms with Crippen LogP contribution in [0.2, 0.25) is 0 Å². The van der Waals surface area contributed by atoms with Crippen molar-refractivity contribution in [2.24, 2.45) is 0 Å². The zero-order chi connectivity index (χ0) is 7.40. The molecule has 1 unspecified atom stereocenters. The molecule has 0 amide bonds. The van der Waals surface area contributed by atoms with Crippen LogP contribution in [0.1, 0.15) is 10.3 Å². The number of aliphatic hydroxyl groups is 1. The van der Waals surface area contributed by atoms with E-state index in [9.17, 15) is 0 Å². The summed E-state index contributed by atoms with van der Waals surface area (Å²) in [7, 11) is 0. The molecular formula is C8H11AsO. The molecule has 1 rings (SSSR count). The zero-order valence-electron chi connectivity index (χ0n) is 5.70. The Bertz CT molecular complexity index is 186. The Kier molecular flexibility index (Phi) is 2.98. The van der Waals surface area contributed by atoms with Gasteiger partial charge < -0.3 is 0 Å². The van der Waals surface area contributed by atoms with Crippen LogP contribution in [0.3, 0.4) is 0 Å². The van der Waals surface area contributed by atoms with Crippen molar-refractivity contribution in [1.82, 2.24) is 0 Å². The van der Waals surface area contributed by atoms with Crippen LogP contribution in [-0.2, 0) is 0 Å². The van der Waals surface area contributed by atoms with E-state index in [0.717, 1.165) is 0 Å². The van der Waals surface area contributed by atoms with Crippen LogP contribution in [0, 0.1) is 0 Å². The molecule has 0 aliphatic heterocycles. The molecule has 0 saturated heterocycles. The Labute approximate surface area is 69.6 Å². The Morgan fingerprint density at radius 1 is 1.30 bits per heavy atom. The first-order valence-electron chi connectivity index (χ1n) is 3.26. The van der Waals surface area contributed by atoms with E-state index in [-0.39, 0.29) is 6.61 Å². The maximum absolute atomic E-state index is 8.80. The summed E-state index contributed by atoms with van der Waals surface area (Å²) in [5, 5.41) is 8.80. The molecular weight excluding hydrogens is 187 g/mol. The maximum atomic E-state index is 8.80. The summed E-state index contributed by atoms with van der Waals surface area (Å²) in [4.78, 5) is 0. The van der Waals surface area contributed by atoms with E-state index in [1.54, 1.807) is 16.9 Å². The van der Waals surface area contributed by atoms with Gasteiger partial charge in [-0.2, -0.15) is 0 Å². The van der Waals surface area contributed by atoms with Crippen LogP contribution in [-0.4, -0.2) is 28.6 Å². The molecule has 1 nitrogen and oxygen atoms in total. The molecule has 0 bridgehead atoms. The van der Waals surface area contributed by atoms with E-state index in [1.807, 2.05) is 30.3 Å². The van der Waals surface area contributed by atoms with Crippen LogP contribution in [0.25, 0.3) is 0 Å². The number of hydrogen-bond acceptors (Lipinski definition) is 1. The number of rotatable bonds is 2. The Balaban J connectivity index is 2.75. The van der Waals surface area contributed by atoms with E-state index < -0.39 is 0 Å². The van der Waals surface area contributed by atoms with Gasteiger partial charge in [0.05, 0.1) is 0 Å². The number of hydrogen-bond donors (Lipinski definition) is 1. The molecule has 0 aliphatic rings. The number of aliphatic hydroxyl groups excluding tert-OH is 1. The molecule has 2 heteroatoms. The van der Waals surface area contributed by atoms with Crippen molar-refractivity contribution in [1.29, 1.82) is 0 Å². The third-order valence-corrected chi connectivity index (χ3v) is 2.67. The quantitative estimate of drug-likeness (QED) is 0.680. The van der Waals surface area contributed by atoms with Crippen LogP contribution < -0.4 is 0 Å². The van der Waals surface area contributed by atoms with Crippen LogP contribution in [0.5, 0.6) is 0 Å². The summed E-state index contributed by atoms with van der Waals surface area (Å²) >= 11 is 1.57. The Morgan fingerprint density at radius 2 is 1.90 bits per heavy atom. The van der Waals surface area contributed by atoms with Crippen molar-refractivity contribution in [2.75, 3.05) is 6.61 Å². The van der Waals surface area contributed by atoms with Gasteiger partial charge in [-0.05, 0) is 0 Å². The van der Waals surface area contributed by atoms with Crippen LogP contribution in [0.15, 0.2) is 30.3 Å². The van der Waals surface area contributed by atoms with Gasteiger partial charge in [0, 0.05) is 0 Å². The molecule has 0 radical (unpaired) electrons. The normalized spacial score (nSPS) is 13.0.